The SMILES string of the molecule is C[C@]1(O)CC[C@H](NC(=O)NC(Cc2ccc(Br)c(F)c2)c2nc3ccccc3[nH]2)CC1. The lowest BCUT2D eigenvalue weighted by atomic mass is 9.84. The Morgan fingerprint density at radius 2 is 2.06 bits per heavy atom. The average molecular weight is 489 g/mol. The molecule has 0 bridgehead atoms. The number of fused-ring (bicyclic) bond motifs is 1. The van der Waals surface area contributed by atoms with Gasteiger partial charge in [-0.25, -0.2) is 14.2 Å². The van der Waals surface area contributed by atoms with Gasteiger partial charge in [0.1, 0.15) is 11.6 Å². The van der Waals surface area contributed by atoms with Gasteiger partial charge in [-0.05, 0) is 78.4 Å². The molecule has 1 aliphatic rings. The van der Waals surface area contributed by atoms with Gasteiger partial charge < -0.3 is 20.7 Å². The monoisotopic (exact) mass is 488 g/mol. The number of aromatic amines is 1. The Labute approximate surface area is 188 Å². The number of carbonyl (C=O) groups is 1. The molecule has 164 valence electrons. The number of carbonyl (C=O) groups excluding carboxylic acids is 1. The van der Waals surface area contributed by atoms with Crippen LogP contribution in [0.25, 0.3) is 11.0 Å². The predicted octanol–water partition coefficient (Wildman–Crippen LogP) is 4.74. The van der Waals surface area contributed by atoms with Crippen LogP contribution in [0.5, 0.6) is 0 Å². The minimum atomic E-state index is -0.656. The first-order valence-corrected chi connectivity index (χ1v) is 11.3. The highest BCUT2D eigenvalue weighted by Gasteiger charge is 2.30. The third-order valence-corrected chi connectivity index (χ3v) is 6.51. The quantitative estimate of drug-likeness (QED) is 0.418. The van der Waals surface area contributed by atoms with Crippen LogP contribution in [0.3, 0.4) is 0 Å². The molecule has 0 saturated heterocycles. The summed E-state index contributed by atoms with van der Waals surface area (Å²) >= 11 is 3.18. The van der Waals surface area contributed by atoms with Gasteiger partial charge in [-0.3, -0.25) is 0 Å². The maximum atomic E-state index is 14.0. The van der Waals surface area contributed by atoms with Crippen LogP contribution >= 0.6 is 15.9 Å². The highest BCUT2D eigenvalue weighted by molar-refractivity contribution is 9.10. The van der Waals surface area contributed by atoms with E-state index in [9.17, 15) is 14.3 Å². The van der Waals surface area contributed by atoms with Crippen LogP contribution in [0.15, 0.2) is 46.9 Å². The van der Waals surface area contributed by atoms with E-state index < -0.39 is 11.6 Å². The van der Waals surface area contributed by atoms with Crippen molar-refractivity contribution in [3.05, 3.63) is 64.1 Å². The summed E-state index contributed by atoms with van der Waals surface area (Å²) in [5, 5.41) is 16.1. The molecule has 1 heterocycles. The third-order valence-electron chi connectivity index (χ3n) is 5.86. The zero-order valence-electron chi connectivity index (χ0n) is 17.3. The van der Waals surface area contributed by atoms with Gasteiger partial charge in [0.15, 0.2) is 0 Å². The van der Waals surface area contributed by atoms with Gasteiger partial charge >= 0.3 is 6.03 Å². The second-order valence-electron chi connectivity index (χ2n) is 8.53. The van der Waals surface area contributed by atoms with Gasteiger partial charge in [-0.2, -0.15) is 0 Å². The van der Waals surface area contributed by atoms with Crippen LogP contribution in [-0.2, 0) is 6.42 Å². The van der Waals surface area contributed by atoms with Crippen molar-refractivity contribution in [2.24, 2.45) is 0 Å². The molecule has 0 spiro atoms. The molecule has 4 N–H and O–H groups in total. The molecule has 3 aromatic rings. The Kier molecular flexibility index (Phi) is 6.29. The Morgan fingerprint density at radius 3 is 2.77 bits per heavy atom. The molecule has 0 aliphatic heterocycles. The number of nitrogens with zero attached hydrogens (tertiary/aromatic N) is 1. The first-order valence-electron chi connectivity index (χ1n) is 10.5. The Bertz CT molecular complexity index is 1040. The van der Waals surface area contributed by atoms with Gasteiger partial charge in [0, 0.05) is 12.5 Å². The molecular formula is C23H26BrFN4O2. The van der Waals surface area contributed by atoms with Gasteiger partial charge in [-0.1, -0.05) is 18.2 Å². The Morgan fingerprint density at radius 1 is 1.32 bits per heavy atom. The molecule has 1 atom stereocenters. The number of hydrogen-bond acceptors (Lipinski definition) is 3. The second kappa shape index (κ2) is 8.96. The van der Waals surface area contributed by atoms with E-state index in [4.69, 9.17) is 0 Å². The molecule has 31 heavy (non-hydrogen) atoms. The number of para-hydroxylation sites is 2. The number of benzene rings is 2. The summed E-state index contributed by atoms with van der Waals surface area (Å²) in [5.74, 6) is 0.269. The van der Waals surface area contributed by atoms with Crippen LogP contribution in [0.4, 0.5) is 9.18 Å². The summed E-state index contributed by atoms with van der Waals surface area (Å²) in [4.78, 5) is 20.7. The van der Waals surface area contributed by atoms with Crippen LogP contribution in [-0.4, -0.2) is 32.7 Å². The van der Waals surface area contributed by atoms with Crippen molar-refractivity contribution in [1.29, 1.82) is 0 Å². The van der Waals surface area contributed by atoms with Crippen molar-refractivity contribution in [1.82, 2.24) is 20.6 Å². The zero-order valence-corrected chi connectivity index (χ0v) is 18.9. The lowest BCUT2D eigenvalue weighted by molar-refractivity contribution is 0.0151. The zero-order chi connectivity index (χ0) is 22.0. The minimum Gasteiger partial charge on any atom is -0.390 e. The summed E-state index contributed by atoms with van der Waals surface area (Å²) in [6.07, 6.45) is 3.16. The topological polar surface area (TPSA) is 90.0 Å². The van der Waals surface area contributed by atoms with Crippen molar-refractivity contribution in [3.63, 3.8) is 0 Å². The summed E-state index contributed by atoms with van der Waals surface area (Å²) < 4.78 is 14.4. The van der Waals surface area contributed by atoms with E-state index in [-0.39, 0.29) is 17.9 Å². The number of urea groups is 1. The number of aromatic nitrogens is 2. The number of halogens is 2. The fourth-order valence-corrected chi connectivity index (χ4v) is 4.27. The fourth-order valence-electron chi connectivity index (χ4n) is 4.03. The molecule has 1 fully saturated rings. The molecule has 2 aromatic carbocycles. The smallest absolute Gasteiger partial charge is 0.315 e. The van der Waals surface area contributed by atoms with Gasteiger partial charge in [0.05, 0.1) is 27.1 Å². The molecule has 4 rings (SSSR count). The van der Waals surface area contributed by atoms with Crippen LogP contribution in [0.1, 0.15) is 50.0 Å². The van der Waals surface area contributed by atoms with Crippen LogP contribution in [0, 0.1) is 5.82 Å². The number of nitrogens with one attached hydrogen (secondary N) is 3. The van der Waals surface area contributed by atoms with E-state index >= 15 is 0 Å². The molecule has 2 amide bonds. The van der Waals surface area contributed by atoms with Crippen molar-refractivity contribution in [3.8, 4) is 0 Å². The largest absolute Gasteiger partial charge is 0.390 e. The first-order chi connectivity index (χ1) is 14.8. The molecule has 1 aliphatic carbocycles. The van der Waals surface area contributed by atoms with E-state index in [1.165, 1.54) is 6.07 Å². The number of amides is 2. The number of rotatable bonds is 5. The Hall–Kier alpha value is -2.45. The molecule has 1 saturated carbocycles. The number of imidazole rings is 1. The fraction of sp³-hybridized carbons (Fsp3) is 0.391. The van der Waals surface area contributed by atoms with E-state index in [1.54, 1.807) is 6.07 Å². The van der Waals surface area contributed by atoms with E-state index in [1.807, 2.05) is 37.3 Å². The van der Waals surface area contributed by atoms with Crippen LogP contribution in [0.2, 0.25) is 0 Å². The standard InChI is InChI=1S/C23H26BrFN4O2/c1-23(31)10-8-15(9-11-23)26-22(30)29-20(13-14-6-7-16(24)17(25)12-14)21-27-18-4-2-3-5-19(18)28-21/h2-7,12,15,20,31H,8-11,13H2,1H3,(H,27,28)(H2,26,29,30)/t15-,20?,23-. The Balaban J connectivity index is 1.51. The highest BCUT2D eigenvalue weighted by atomic mass is 79.9. The molecule has 0 radical (unpaired) electrons. The van der Waals surface area contributed by atoms with Crippen molar-refractivity contribution >= 4 is 33.0 Å². The average Bonchev–Trinajstić information content (AvgIpc) is 3.16. The maximum Gasteiger partial charge on any atom is 0.315 e. The summed E-state index contributed by atoms with van der Waals surface area (Å²) in [6, 6.07) is 11.9. The van der Waals surface area contributed by atoms with Gasteiger partial charge in [0.25, 0.3) is 0 Å². The normalized spacial score (nSPS) is 22.3. The first kappa shape index (κ1) is 21.8. The minimum absolute atomic E-state index is 0.0154. The summed E-state index contributed by atoms with van der Waals surface area (Å²) in [7, 11) is 0. The number of H-pyrrole nitrogens is 1. The van der Waals surface area contributed by atoms with E-state index in [0.29, 0.717) is 29.6 Å². The van der Waals surface area contributed by atoms with E-state index in [2.05, 4.69) is 36.5 Å². The number of aliphatic hydroxyl groups is 1. The molecule has 1 aromatic heterocycles. The van der Waals surface area contributed by atoms with Crippen LogP contribution < -0.4 is 10.6 Å². The molecule has 6 nitrogen and oxygen atoms in total. The van der Waals surface area contributed by atoms with E-state index in [0.717, 1.165) is 29.4 Å². The predicted molar refractivity (Wildman–Crippen MR) is 121 cm³/mol. The molecular weight excluding hydrogens is 463 g/mol. The van der Waals surface area contributed by atoms with Crippen molar-refractivity contribution in [2.75, 3.05) is 0 Å². The maximum absolute atomic E-state index is 14.0. The number of hydrogen-bond donors (Lipinski definition) is 4. The van der Waals surface area contributed by atoms with Crippen molar-refractivity contribution in [2.45, 2.75) is 56.7 Å². The summed E-state index contributed by atoms with van der Waals surface area (Å²) in [6.45, 7) is 1.83. The molecule has 1 unspecified atom stereocenters. The highest BCUT2D eigenvalue weighted by Crippen LogP contribution is 2.28. The lowest BCUT2D eigenvalue weighted by Gasteiger charge is -2.33. The molecule has 8 heteroatoms. The van der Waals surface area contributed by atoms with Crippen molar-refractivity contribution < 1.29 is 14.3 Å². The second-order valence-corrected chi connectivity index (χ2v) is 9.39. The van der Waals surface area contributed by atoms with Gasteiger partial charge in [0.2, 0.25) is 0 Å². The lowest BCUT2D eigenvalue weighted by Crippen LogP contribution is -2.47. The summed E-state index contributed by atoms with van der Waals surface area (Å²) in [5.41, 5.74) is 1.78. The van der Waals surface area contributed by atoms with Gasteiger partial charge in [-0.15, -0.1) is 0 Å². The third kappa shape index (κ3) is 5.43.